The molecule has 0 spiro atoms. The maximum Gasteiger partial charge on any atom is 0.416 e. The van der Waals surface area contributed by atoms with Crippen molar-refractivity contribution in [1.82, 2.24) is 4.98 Å². The number of para-hydroxylation sites is 1. The van der Waals surface area contributed by atoms with Gasteiger partial charge >= 0.3 is 6.18 Å². The molecule has 0 radical (unpaired) electrons. The van der Waals surface area contributed by atoms with Crippen LogP contribution in [0.1, 0.15) is 11.3 Å². The van der Waals surface area contributed by atoms with Crippen LogP contribution in [0.15, 0.2) is 89.5 Å². The summed E-state index contributed by atoms with van der Waals surface area (Å²) in [6, 6.07) is 21.7. The first-order valence-electron chi connectivity index (χ1n) is 9.16. The molecule has 1 heterocycles. The molecule has 0 saturated carbocycles. The minimum Gasteiger partial charge on any atom is -0.457 e. The number of halogens is 3. The Balaban J connectivity index is 1.35. The first kappa shape index (κ1) is 19.6. The summed E-state index contributed by atoms with van der Waals surface area (Å²) in [7, 11) is 0. The Morgan fingerprint density at radius 1 is 0.833 bits per heavy atom. The Morgan fingerprint density at radius 3 is 2.17 bits per heavy atom. The summed E-state index contributed by atoms with van der Waals surface area (Å²) in [5.74, 6) is 1.75. The predicted octanol–water partition coefficient (Wildman–Crippen LogP) is 6.76. The van der Waals surface area contributed by atoms with Gasteiger partial charge in [-0.1, -0.05) is 18.2 Å². The number of ether oxygens (including phenoxy) is 1. The molecule has 30 heavy (non-hydrogen) atoms. The highest BCUT2D eigenvalue weighted by atomic mass is 19.4. The molecule has 4 nitrogen and oxygen atoms in total. The summed E-state index contributed by atoms with van der Waals surface area (Å²) in [5.41, 5.74) is 1.28. The lowest BCUT2D eigenvalue weighted by Crippen LogP contribution is -2.04. The van der Waals surface area contributed by atoms with Crippen LogP contribution in [0.2, 0.25) is 0 Å². The molecule has 0 unspecified atom stereocenters. The fourth-order valence-corrected chi connectivity index (χ4v) is 2.78. The summed E-state index contributed by atoms with van der Waals surface area (Å²) in [6.45, 7) is 0.406. The summed E-state index contributed by atoms with van der Waals surface area (Å²) in [4.78, 5) is 4.33. The van der Waals surface area contributed by atoms with E-state index in [2.05, 4.69) is 10.3 Å². The third-order valence-electron chi connectivity index (χ3n) is 4.32. The lowest BCUT2D eigenvalue weighted by molar-refractivity contribution is -0.137. The molecule has 0 atom stereocenters. The van der Waals surface area contributed by atoms with Crippen LogP contribution in [0.25, 0.3) is 11.5 Å². The van der Waals surface area contributed by atoms with Gasteiger partial charge in [-0.3, -0.25) is 0 Å². The van der Waals surface area contributed by atoms with Crippen molar-refractivity contribution in [2.45, 2.75) is 12.7 Å². The number of hydrogen-bond donors (Lipinski definition) is 1. The zero-order valence-corrected chi connectivity index (χ0v) is 15.7. The largest absolute Gasteiger partial charge is 0.457 e. The van der Waals surface area contributed by atoms with Crippen molar-refractivity contribution >= 4 is 5.69 Å². The second-order valence-corrected chi connectivity index (χ2v) is 6.51. The van der Waals surface area contributed by atoms with Crippen LogP contribution < -0.4 is 10.1 Å². The van der Waals surface area contributed by atoms with Crippen LogP contribution >= 0.6 is 0 Å². The number of aromatic nitrogens is 1. The number of nitrogens with zero attached hydrogens (tertiary/aromatic N) is 1. The molecule has 0 amide bonds. The highest BCUT2D eigenvalue weighted by molar-refractivity contribution is 5.54. The van der Waals surface area contributed by atoms with Crippen LogP contribution in [0.5, 0.6) is 11.5 Å². The third-order valence-corrected chi connectivity index (χ3v) is 4.32. The molecule has 1 N–H and O–H groups in total. The van der Waals surface area contributed by atoms with E-state index in [0.29, 0.717) is 17.8 Å². The second-order valence-electron chi connectivity index (χ2n) is 6.51. The van der Waals surface area contributed by atoms with Gasteiger partial charge < -0.3 is 14.5 Å². The minimum atomic E-state index is -4.37. The molecule has 4 aromatic rings. The van der Waals surface area contributed by atoms with Crippen molar-refractivity contribution in [3.8, 4) is 23.0 Å². The molecule has 3 aromatic carbocycles. The summed E-state index contributed by atoms with van der Waals surface area (Å²) < 4.78 is 49.2. The summed E-state index contributed by atoms with van der Waals surface area (Å²) >= 11 is 0. The highest BCUT2D eigenvalue weighted by Crippen LogP contribution is 2.31. The third kappa shape index (κ3) is 4.81. The van der Waals surface area contributed by atoms with Gasteiger partial charge in [-0.15, -0.1) is 0 Å². The molecule has 0 fully saturated rings. The molecule has 0 aliphatic heterocycles. The van der Waals surface area contributed by atoms with Crippen LogP contribution in [0.3, 0.4) is 0 Å². The van der Waals surface area contributed by atoms with Gasteiger partial charge in [0.2, 0.25) is 5.89 Å². The van der Waals surface area contributed by atoms with Gasteiger partial charge in [0.05, 0.1) is 17.8 Å². The number of rotatable bonds is 6. The fraction of sp³-hybridized carbons (Fsp3) is 0.0870. The first-order valence-corrected chi connectivity index (χ1v) is 9.16. The van der Waals surface area contributed by atoms with Crippen molar-refractivity contribution in [1.29, 1.82) is 0 Å². The van der Waals surface area contributed by atoms with Crippen LogP contribution in [-0.2, 0) is 12.7 Å². The van der Waals surface area contributed by atoms with Gasteiger partial charge in [0.1, 0.15) is 17.8 Å². The van der Waals surface area contributed by atoms with Gasteiger partial charge in [-0.25, -0.2) is 4.98 Å². The summed E-state index contributed by atoms with van der Waals surface area (Å²) in [6.07, 6.45) is -2.89. The Kier molecular flexibility index (Phi) is 5.43. The Labute approximate surface area is 171 Å². The van der Waals surface area contributed by atoms with Crippen molar-refractivity contribution in [2.75, 3.05) is 5.32 Å². The summed E-state index contributed by atoms with van der Waals surface area (Å²) in [5, 5.41) is 3.22. The SMILES string of the molecule is FC(F)(F)c1ccc(-c2nc(CNc3ccc(Oc4ccccc4)cc3)co2)cc1. The predicted molar refractivity (Wildman–Crippen MR) is 107 cm³/mol. The van der Waals surface area contributed by atoms with E-state index in [1.807, 2.05) is 54.6 Å². The van der Waals surface area contributed by atoms with E-state index in [-0.39, 0.29) is 5.89 Å². The van der Waals surface area contributed by atoms with Crippen LogP contribution in [0.4, 0.5) is 18.9 Å². The van der Waals surface area contributed by atoms with Crippen molar-refractivity contribution in [3.05, 3.63) is 96.4 Å². The van der Waals surface area contributed by atoms with Crippen molar-refractivity contribution < 1.29 is 22.3 Å². The fourth-order valence-electron chi connectivity index (χ4n) is 2.78. The van der Waals surface area contributed by atoms with Gasteiger partial charge in [0.25, 0.3) is 0 Å². The zero-order valence-electron chi connectivity index (χ0n) is 15.7. The number of oxazole rings is 1. The molecule has 4 rings (SSSR count). The van der Waals surface area contributed by atoms with E-state index in [9.17, 15) is 13.2 Å². The molecule has 152 valence electrons. The van der Waals surface area contributed by atoms with Gasteiger partial charge in [-0.05, 0) is 60.7 Å². The van der Waals surface area contributed by atoms with Crippen LogP contribution in [0, 0.1) is 0 Å². The Morgan fingerprint density at radius 2 is 1.50 bits per heavy atom. The molecule has 0 aliphatic carbocycles. The van der Waals surface area contributed by atoms with Gasteiger partial charge in [0.15, 0.2) is 0 Å². The number of alkyl halides is 3. The normalized spacial score (nSPS) is 11.3. The number of anilines is 1. The first-order chi connectivity index (χ1) is 14.5. The van der Waals surface area contributed by atoms with E-state index in [4.69, 9.17) is 9.15 Å². The average Bonchev–Trinajstić information content (AvgIpc) is 3.23. The average molecular weight is 410 g/mol. The zero-order chi connectivity index (χ0) is 21.0. The molecule has 0 bridgehead atoms. The lowest BCUT2D eigenvalue weighted by Gasteiger charge is -2.08. The smallest absolute Gasteiger partial charge is 0.416 e. The van der Waals surface area contributed by atoms with E-state index in [0.717, 1.165) is 29.3 Å². The van der Waals surface area contributed by atoms with E-state index in [1.54, 1.807) is 0 Å². The van der Waals surface area contributed by atoms with E-state index < -0.39 is 11.7 Å². The highest BCUT2D eigenvalue weighted by Gasteiger charge is 2.30. The molecular formula is C23H17F3N2O2. The Hall–Kier alpha value is -3.74. The molecule has 0 aliphatic rings. The van der Waals surface area contributed by atoms with E-state index >= 15 is 0 Å². The minimum absolute atomic E-state index is 0.270. The van der Waals surface area contributed by atoms with Crippen molar-refractivity contribution in [3.63, 3.8) is 0 Å². The topological polar surface area (TPSA) is 47.3 Å². The van der Waals surface area contributed by atoms with E-state index in [1.165, 1.54) is 18.4 Å². The van der Waals surface area contributed by atoms with Crippen LogP contribution in [-0.4, -0.2) is 4.98 Å². The number of benzene rings is 3. The molecule has 0 saturated heterocycles. The van der Waals surface area contributed by atoms with Crippen molar-refractivity contribution in [2.24, 2.45) is 0 Å². The molecule has 1 aromatic heterocycles. The maximum atomic E-state index is 12.7. The monoisotopic (exact) mass is 410 g/mol. The molecule has 7 heteroatoms. The molecular weight excluding hydrogens is 393 g/mol. The quantitative estimate of drug-likeness (QED) is 0.381. The van der Waals surface area contributed by atoms with Gasteiger partial charge in [0, 0.05) is 11.3 Å². The second kappa shape index (κ2) is 8.32. The standard InChI is InChI=1S/C23H17F3N2O2/c24-23(25,26)17-8-6-16(7-9-17)22-28-19(15-29-22)14-27-18-10-12-21(13-11-18)30-20-4-2-1-3-5-20/h1-13,15,27H,14H2. The van der Waals surface area contributed by atoms with Gasteiger partial charge in [-0.2, -0.15) is 13.2 Å². The number of nitrogens with one attached hydrogen (secondary N) is 1. The number of hydrogen-bond acceptors (Lipinski definition) is 4. The maximum absolute atomic E-state index is 12.7. The Bertz CT molecular complexity index is 1090. The lowest BCUT2D eigenvalue weighted by atomic mass is 10.1.